The van der Waals surface area contributed by atoms with E-state index in [1.165, 1.54) is 0 Å². The van der Waals surface area contributed by atoms with Gasteiger partial charge in [-0.1, -0.05) is 39.1 Å². The van der Waals surface area contributed by atoms with E-state index in [4.69, 9.17) is 4.74 Å². The molecule has 1 N–H and O–H groups in total. The van der Waals surface area contributed by atoms with Gasteiger partial charge in [0.05, 0.1) is 5.92 Å². The van der Waals surface area contributed by atoms with Crippen LogP contribution in [0.15, 0.2) is 22.9 Å². The monoisotopic (exact) mass is 511 g/mol. The van der Waals surface area contributed by atoms with Gasteiger partial charge >= 0.3 is 5.97 Å². The Morgan fingerprint density at radius 2 is 2.06 bits per heavy atom. The van der Waals surface area contributed by atoms with Crippen molar-refractivity contribution in [1.82, 2.24) is 25.2 Å². The lowest BCUT2D eigenvalue weighted by Crippen LogP contribution is -2.26. The Labute approximate surface area is 193 Å². The molecular formula is C21H34BrN5O3Si. The van der Waals surface area contributed by atoms with Gasteiger partial charge in [0.15, 0.2) is 5.82 Å². The molecule has 2 aromatic heterocycles. The van der Waals surface area contributed by atoms with Crippen molar-refractivity contribution in [2.45, 2.75) is 77.4 Å². The molecule has 2 heterocycles. The van der Waals surface area contributed by atoms with Gasteiger partial charge in [0.2, 0.25) is 0 Å². The molecule has 0 radical (unpaired) electrons. The van der Waals surface area contributed by atoms with Crippen molar-refractivity contribution < 1.29 is 14.6 Å². The lowest BCUT2D eigenvalue weighted by molar-refractivity contribution is -0.143. The summed E-state index contributed by atoms with van der Waals surface area (Å²) in [7, 11) is -1.18. The van der Waals surface area contributed by atoms with Gasteiger partial charge in [0, 0.05) is 26.8 Å². The fourth-order valence-electron chi connectivity index (χ4n) is 3.50. The Balaban J connectivity index is 2.10. The van der Waals surface area contributed by atoms with Gasteiger partial charge in [0.1, 0.15) is 11.3 Å². The molecule has 0 aromatic carbocycles. The highest BCUT2D eigenvalue weighted by Crippen LogP contribution is 2.32. The number of rotatable bonds is 14. The summed E-state index contributed by atoms with van der Waals surface area (Å²) in [5.41, 5.74) is 1.12. The minimum atomic E-state index is -1.18. The van der Waals surface area contributed by atoms with Crippen molar-refractivity contribution in [3.63, 3.8) is 0 Å². The van der Waals surface area contributed by atoms with E-state index in [1.807, 2.05) is 25.3 Å². The molecule has 10 heteroatoms. The van der Waals surface area contributed by atoms with E-state index in [1.54, 1.807) is 4.68 Å². The number of carboxylic acids is 1. The largest absolute Gasteiger partial charge is 0.481 e. The third-order valence-corrected chi connectivity index (χ3v) is 7.45. The van der Waals surface area contributed by atoms with Crippen molar-refractivity contribution in [2.24, 2.45) is 5.92 Å². The summed E-state index contributed by atoms with van der Waals surface area (Å²) in [5, 5.41) is 22.0. The first-order chi connectivity index (χ1) is 14.7. The number of aliphatic carboxylic acids is 1. The Morgan fingerprint density at radius 3 is 2.68 bits per heavy atom. The van der Waals surface area contributed by atoms with Gasteiger partial charge in [-0.25, -0.2) is 9.67 Å². The highest BCUT2D eigenvalue weighted by molar-refractivity contribution is 9.10. The van der Waals surface area contributed by atoms with Crippen LogP contribution in [0, 0.1) is 5.92 Å². The highest BCUT2D eigenvalue weighted by atomic mass is 79.9. The van der Waals surface area contributed by atoms with Crippen LogP contribution in [0.4, 0.5) is 0 Å². The lowest BCUT2D eigenvalue weighted by Gasteiger charge is -2.23. The number of pyridine rings is 1. The molecule has 31 heavy (non-hydrogen) atoms. The minimum absolute atomic E-state index is 0.248. The number of tetrazole rings is 1. The molecule has 0 bridgehead atoms. The van der Waals surface area contributed by atoms with E-state index < -0.39 is 20.0 Å². The maximum absolute atomic E-state index is 12.1. The molecule has 8 nitrogen and oxygen atoms in total. The number of halogens is 1. The molecule has 2 rings (SSSR count). The fourth-order valence-corrected chi connectivity index (χ4v) is 4.49. The van der Waals surface area contributed by atoms with Crippen LogP contribution in [-0.4, -0.2) is 50.9 Å². The third kappa shape index (κ3) is 8.78. The van der Waals surface area contributed by atoms with Crippen molar-refractivity contribution in [2.75, 3.05) is 6.61 Å². The topological polar surface area (TPSA) is 103 Å². The van der Waals surface area contributed by atoms with Gasteiger partial charge in [-0.05, 0) is 69.7 Å². The zero-order chi connectivity index (χ0) is 22.9. The predicted octanol–water partition coefficient (Wildman–Crippen LogP) is 4.75. The quantitative estimate of drug-likeness (QED) is 0.221. The van der Waals surface area contributed by atoms with Crippen LogP contribution in [-0.2, 0) is 22.7 Å². The minimum Gasteiger partial charge on any atom is -0.481 e. The number of aryl methyl sites for hydroxylation is 1. The van der Waals surface area contributed by atoms with Gasteiger partial charge in [0.25, 0.3) is 0 Å². The van der Waals surface area contributed by atoms with E-state index in [0.29, 0.717) is 25.3 Å². The van der Waals surface area contributed by atoms with E-state index in [2.05, 4.69) is 56.1 Å². The number of ether oxygens (including phenoxy) is 1. The van der Waals surface area contributed by atoms with Crippen LogP contribution in [0.2, 0.25) is 25.7 Å². The second-order valence-corrected chi connectivity index (χ2v) is 15.5. The first-order valence-corrected chi connectivity index (χ1v) is 15.4. The summed E-state index contributed by atoms with van der Waals surface area (Å²) in [6, 6.07) is 5.01. The van der Waals surface area contributed by atoms with Gasteiger partial charge in [-0.2, -0.15) is 0 Å². The zero-order valence-corrected chi connectivity index (χ0v) is 21.5. The van der Waals surface area contributed by atoms with E-state index in [9.17, 15) is 9.90 Å². The molecule has 0 aliphatic rings. The van der Waals surface area contributed by atoms with Crippen molar-refractivity contribution >= 4 is 30.0 Å². The molecular weight excluding hydrogens is 478 g/mol. The Hall–Kier alpha value is -1.65. The van der Waals surface area contributed by atoms with Gasteiger partial charge in [-0.15, -0.1) is 5.10 Å². The number of carbonyl (C=O) groups is 1. The van der Waals surface area contributed by atoms with E-state index in [-0.39, 0.29) is 12.6 Å². The lowest BCUT2D eigenvalue weighted by atomic mass is 9.84. The Kier molecular flexibility index (Phi) is 10.2. The van der Waals surface area contributed by atoms with Crippen LogP contribution in [0.1, 0.15) is 49.9 Å². The summed E-state index contributed by atoms with van der Waals surface area (Å²) in [6.07, 6.45) is 5.55. The molecule has 2 aromatic rings. The average Bonchev–Trinajstić information content (AvgIpc) is 3.16. The first-order valence-electron chi connectivity index (χ1n) is 10.9. The third-order valence-electron chi connectivity index (χ3n) is 5.27. The summed E-state index contributed by atoms with van der Waals surface area (Å²) in [4.78, 5) is 16.3. The molecule has 0 saturated carbocycles. The molecule has 0 spiro atoms. The van der Waals surface area contributed by atoms with Crippen LogP contribution >= 0.6 is 15.9 Å². The van der Waals surface area contributed by atoms with E-state index >= 15 is 0 Å². The van der Waals surface area contributed by atoms with Crippen LogP contribution < -0.4 is 0 Å². The molecule has 0 aliphatic carbocycles. The molecule has 2 atom stereocenters. The van der Waals surface area contributed by atoms with Gasteiger partial charge < -0.3 is 9.84 Å². The molecule has 0 fully saturated rings. The van der Waals surface area contributed by atoms with Gasteiger partial charge in [-0.3, -0.25) is 4.79 Å². The Bertz CT molecular complexity index is 810. The summed E-state index contributed by atoms with van der Waals surface area (Å²) < 4.78 is 8.25. The normalized spacial score (nSPS) is 13.8. The average molecular weight is 513 g/mol. The molecule has 0 saturated heterocycles. The van der Waals surface area contributed by atoms with Crippen LogP contribution in [0.3, 0.4) is 0 Å². The number of hydrogen-bond acceptors (Lipinski definition) is 6. The molecule has 0 unspecified atom stereocenters. The maximum Gasteiger partial charge on any atom is 0.307 e. The standard InChI is InChI=1S/C21H34BrN5O3Si/c1-5-7-18(21(28)29)17(9-6-8-16-10-11-19(22)23-14-16)20-24-25-26-27(20)15-30-12-13-31(2,3)4/h10-11,14,17-18H,5-9,12-13,15H2,1-4H3,(H,28,29)/t17-,18-/m0/s1. The second kappa shape index (κ2) is 12.4. The fraction of sp³-hybridized carbons (Fsp3) is 0.667. The second-order valence-electron chi connectivity index (χ2n) is 9.11. The maximum atomic E-state index is 12.1. The number of carboxylic acid groups (broad SMARTS) is 1. The van der Waals surface area contributed by atoms with Crippen LogP contribution in [0.25, 0.3) is 0 Å². The number of hydrogen-bond donors (Lipinski definition) is 1. The summed E-state index contributed by atoms with van der Waals surface area (Å²) in [5.74, 6) is -0.995. The summed E-state index contributed by atoms with van der Waals surface area (Å²) in [6.45, 7) is 9.82. The number of nitrogens with zero attached hydrogens (tertiary/aromatic N) is 5. The van der Waals surface area contributed by atoms with Crippen LogP contribution in [0.5, 0.6) is 0 Å². The van der Waals surface area contributed by atoms with Crippen molar-refractivity contribution in [3.8, 4) is 0 Å². The molecule has 0 amide bonds. The molecule has 0 aliphatic heterocycles. The predicted molar refractivity (Wildman–Crippen MR) is 126 cm³/mol. The van der Waals surface area contributed by atoms with E-state index in [0.717, 1.165) is 35.5 Å². The smallest absolute Gasteiger partial charge is 0.307 e. The van der Waals surface area contributed by atoms with Crippen molar-refractivity contribution in [1.29, 1.82) is 0 Å². The molecule has 172 valence electrons. The summed E-state index contributed by atoms with van der Waals surface area (Å²) >= 11 is 3.35. The Morgan fingerprint density at radius 1 is 1.29 bits per heavy atom. The first kappa shape index (κ1) is 25.6. The zero-order valence-electron chi connectivity index (χ0n) is 18.9. The van der Waals surface area contributed by atoms with Crippen molar-refractivity contribution in [3.05, 3.63) is 34.3 Å². The SMILES string of the molecule is CCC[C@H](C(=O)O)[C@H](CCCc1ccc(Br)nc1)c1nnnn1COCC[Si](C)(C)C. The highest BCUT2D eigenvalue weighted by Gasteiger charge is 2.32. The number of aromatic nitrogens is 5.